The summed E-state index contributed by atoms with van der Waals surface area (Å²) < 4.78 is 4.83. The number of carboxylic acid groups (broad SMARTS) is 1. The van der Waals surface area contributed by atoms with Crippen LogP contribution in [0.5, 0.6) is 5.75 Å². The average Bonchev–Trinajstić information content (AvgIpc) is 2.40. The zero-order valence-corrected chi connectivity index (χ0v) is 10.5. The lowest BCUT2D eigenvalue weighted by molar-refractivity contribution is 0.0693. The fourth-order valence-electron chi connectivity index (χ4n) is 1.36. The maximum absolute atomic E-state index is 10.5. The van der Waals surface area contributed by atoms with Crippen molar-refractivity contribution in [1.82, 2.24) is 0 Å². The Kier molecular flexibility index (Phi) is 5.45. The lowest BCUT2D eigenvalue weighted by Crippen LogP contribution is -1.99. The third-order valence-corrected chi connectivity index (χ3v) is 2.28. The molecule has 0 aromatic heterocycles. The normalized spacial score (nSPS) is 9.00. The van der Waals surface area contributed by atoms with Crippen LogP contribution in [0.15, 0.2) is 54.6 Å². The van der Waals surface area contributed by atoms with Gasteiger partial charge < -0.3 is 9.84 Å². The highest BCUT2D eigenvalue weighted by atomic mass is 16.5. The number of rotatable bonds is 2. The summed E-state index contributed by atoms with van der Waals surface area (Å²) in [6, 6.07) is 16.8. The summed E-state index contributed by atoms with van der Waals surface area (Å²) in [5.41, 5.74) is 1.51. The Balaban J connectivity index is 0.000000199. The molecule has 94 valence electrons. The van der Waals surface area contributed by atoms with Crippen molar-refractivity contribution in [2.75, 3.05) is 7.11 Å². The van der Waals surface area contributed by atoms with Gasteiger partial charge in [-0.1, -0.05) is 48.0 Å². The largest absolute Gasteiger partial charge is 0.496 e. The predicted octanol–water partition coefficient (Wildman–Crippen LogP) is 3.39. The molecule has 18 heavy (non-hydrogen) atoms. The number of methoxy groups -OCH3 is 1. The maximum atomic E-state index is 10.5. The minimum atomic E-state index is -0.970. The number of carbonyl (C=O) groups is 1. The molecule has 0 spiro atoms. The molecule has 0 bridgehead atoms. The van der Waals surface area contributed by atoms with E-state index in [1.54, 1.807) is 18.2 Å². The lowest BCUT2D eigenvalue weighted by atomic mass is 10.2. The molecule has 2 aromatic carbocycles. The number of hydrogen-bond acceptors (Lipinski definition) is 2. The van der Waals surface area contributed by atoms with Gasteiger partial charge in [-0.05, 0) is 19.1 Å². The Morgan fingerprint density at radius 1 is 1.00 bits per heavy atom. The predicted molar refractivity (Wildman–Crippen MR) is 71.1 cm³/mol. The van der Waals surface area contributed by atoms with Crippen LogP contribution < -0.4 is 4.74 Å². The summed E-state index contributed by atoms with van der Waals surface area (Å²) in [4.78, 5) is 10.5. The molecule has 0 heterocycles. The van der Waals surface area contributed by atoms with Crippen molar-refractivity contribution in [2.45, 2.75) is 6.92 Å². The van der Waals surface area contributed by atoms with E-state index in [2.05, 4.69) is 19.1 Å². The van der Waals surface area contributed by atoms with Gasteiger partial charge in [0.15, 0.2) is 0 Å². The van der Waals surface area contributed by atoms with Gasteiger partial charge >= 0.3 is 5.97 Å². The maximum Gasteiger partial charge on any atom is 0.339 e. The number of hydrogen-bond donors (Lipinski definition) is 1. The van der Waals surface area contributed by atoms with Crippen molar-refractivity contribution in [2.24, 2.45) is 0 Å². The molecule has 0 radical (unpaired) electrons. The first kappa shape index (κ1) is 13.8. The van der Waals surface area contributed by atoms with E-state index in [-0.39, 0.29) is 5.56 Å². The molecule has 0 unspecified atom stereocenters. The minimum Gasteiger partial charge on any atom is -0.496 e. The highest BCUT2D eigenvalue weighted by Crippen LogP contribution is 2.16. The van der Waals surface area contributed by atoms with Crippen LogP contribution in [0.1, 0.15) is 15.9 Å². The van der Waals surface area contributed by atoms with Gasteiger partial charge in [0.05, 0.1) is 7.11 Å². The zero-order chi connectivity index (χ0) is 13.4. The standard InChI is InChI=1S/C8H8O3.C7H8/c1-11-7-5-3-2-4-6(7)8(9)10;1-7-5-3-2-4-6-7/h2-5H,1H3,(H,9,10);2-6H,1H3. The van der Waals surface area contributed by atoms with Gasteiger partial charge in [-0.15, -0.1) is 0 Å². The Morgan fingerprint density at radius 3 is 1.94 bits per heavy atom. The molecule has 0 aliphatic rings. The van der Waals surface area contributed by atoms with E-state index in [1.807, 2.05) is 18.2 Å². The highest BCUT2D eigenvalue weighted by molar-refractivity contribution is 5.90. The van der Waals surface area contributed by atoms with E-state index < -0.39 is 5.97 Å². The first-order chi connectivity index (χ1) is 8.65. The molecule has 0 saturated heterocycles. The minimum absolute atomic E-state index is 0.190. The van der Waals surface area contributed by atoms with Gasteiger partial charge in [0, 0.05) is 0 Å². The van der Waals surface area contributed by atoms with E-state index in [0.717, 1.165) is 0 Å². The quantitative estimate of drug-likeness (QED) is 0.880. The summed E-state index contributed by atoms with van der Waals surface area (Å²) in [6.07, 6.45) is 0. The monoisotopic (exact) mass is 244 g/mol. The summed E-state index contributed by atoms with van der Waals surface area (Å²) in [6.45, 7) is 2.08. The van der Waals surface area contributed by atoms with E-state index in [1.165, 1.54) is 18.7 Å². The summed E-state index contributed by atoms with van der Waals surface area (Å²) >= 11 is 0. The van der Waals surface area contributed by atoms with Crippen molar-refractivity contribution >= 4 is 5.97 Å². The zero-order valence-electron chi connectivity index (χ0n) is 10.5. The molecule has 1 N–H and O–H groups in total. The molecular weight excluding hydrogens is 228 g/mol. The number of para-hydroxylation sites is 1. The van der Waals surface area contributed by atoms with Crippen LogP contribution >= 0.6 is 0 Å². The molecule has 0 aliphatic carbocycles. The lowest BCUT2D eigenvalue weighted by Gasteiger charge is -2.01. The van der Waals surface area contributed by atoms with Crippen molar-refractivity contribution < 1.29 is 14.6 Å². The van der Waals surface area contributed by atoms with Crippen molar-refractivity contribution in [3.8, 4) is 5.75 Å². The molecule has 2 rings (SSSR count). The molecule has 3 nitrogen and oxygen atoms in total. The molecule has 0 fully saturated rings. The summed E-state index contributed by atoms with van der Waals surface area (Å²) in [7, 11) is 1.45. The summed E-state index contributed by atoms with van der Waals surface area (Å²) in [5, 5.41) is 8.62. The topological polar surface area (TPSA) is 46.5 Å². The van der Waals surface area contributed by atoms with Crippen molar-refractivity contribution in [3.63, 3.8) is 0 Å². The van der Waals surface area contributed by atoms with Crippen LogP contribution in [0.25, 0.3) is 0 Å². The molecule has 3 heteroatoms. The second-order valence-electron chi connectivity index (χ2n) is 3.66. The fourth-order valence-corrected chi connectivity index (χ4v) is 1.36. The SMILES string of the molecule is COc1ccccc1C(=O)O.Cc1ccccc1. The van der Waals surface area contributed by atoms with Crippen LogP contribution in [0, 0.1) is 6.92 Å². The van der Waals surface area contributed by atoms with Gasteiger partial charge in [0.1, 0.15) is 11.3 Å². The van der Waals surface area contributed by atoms with Gasteiger partial charge in [0.2, 0.25) is 0 Å². The second kappa shape index (κ2) is 7.12. The van der Waals surface area contributed by atoms with E-state index in [0.29, 0.717) is 5.75 Å². The van der Waals surface area contributed by atoms with Crippen molar-refractivity contribution in [1.29, 1.82) is 0 Å². The highest BCUT2D eigenvalue weighted by Gasteiger charge is 2.07. The molecule has 2 aromatic rings. The summed E-state index contributed by atoms with van der Waals surface area (Å²) in [5.74, 6) is -0.581. The second-order valence-corrected chi connectivity index (χ2v) is 3.66. The van der Waals surface area contributed by atoms with Gasteiger partial charge in [0.25, 0.3) is 0 Å². The van der Waals surface area contributed by atoms with Gasteiger partial charge in [-0.25, -0.2) is 4.79 Å². The van der Waals surface area contributed by atoms with Gasteiger partial charge in [-0.2, -0.15) is 0 Å². The van der Waals surface area contributed by atoms with Crippen LogP contribution in [0.4, 0.5) is 0 Å². The number of carboxylic acids is 1. The number of aromatic carboxylic acids is 1. The Hall–Kier alpha value is -2.29. The number of benzene rings is 2. The first-order valence-corrected chi connectivity index (χ1v) is 5.53. The Bertz CT molecular complexity index is 492. The molecule has 0 aliphatic heterocycles. The molecule has 0 amide bonds. The third-order valence-electron chi connectivity index (χ3n) is 2.28. The van der Waals surface area contributed by atoms with Crippen LogP contribution in [-0.2, 0) is 0 Å². The third kappa shape index (κ3) is 4.29. The number of aryl methyl sites for hydroxylation is 1. The fraction of sp³-hybridized carbons (Fsp3) is 0.133. The van der Waals surface area contributed by atoms with Crippen LogP contribution in [-0.4, -0.2) is 18.2 Å². The van der Waals surface area contributed by atoms with Crippen LogP contribution in [0.2, 0.25) is 0 Å². The van der Waals surface area contributed by atoms with Gasteiger partial charge in [-0.3, -0.25) is 0 Å². The van der Waals surface area contributed by atoms with E-state index >= 15 is 0 Å². The first-order valence-electron chi connectivity index (χ1n) is 5.53. The van der Waals surface area contributed by atoms with E-state index in [4.69, 9.17) is 9.84 Å². The molecule has 0 atom stereocenters. The van der Waals surface area contributed by atoms with Crippen molar-refractivity contribution in [3.05, 3.63) is 65.7 Å². The molecular formula is C15H16O3. The van der Waals surface area contributed by atoms with Crippen LogP contribution in [0.3, 0.4) is 0 Å². The Morgan fingerprint density at radius 2 is 1.56 bits per heavy atom. The van der Waals surface area contributed by atoms with E-state index in [9.17, 15) is 4.79 Å². The number of ether oxygens (including phenoxy) is 1. The smallest absolute Gasteiger partial charge is 0.339 e. The molecule has 0 saturated carbocycles. The Labute approximate surface area is 107 Å². The average molecular weight is 244 g/mol.